The molecule has 0 aromatic carbocycles. The van der Waals surface area contributed by atoms with Crippen LogP contribution < -0.4 is 16.2 Å². The van der Waals surface area contributed by atoms with Crippen LogP contribution in [-0.2, 0) is 0 Å². The number of hydrogen-bond acceptors (Lipinski definition) is 3. The summed E-state index contributed by atoms with van der Waals surface area (Å²) in [7, 11) is 0. The molecule has 2 aliphatic rings. The lowest BCUT2D eigenvalue weighted by Crippen LogP contribution is -2.59. The molecule has 102 valence electrons. The lowest BCUT2D eigenvalue weighted by molar-refractivity contribution is 0.0851. The van der Waals surface area contributed by atoms with Crippen LogP contribution in [-0.4, -0.2) is 29.0 Å². The highest BCUT2D eigenvalue weighted by atomic mass is 16.2. The van der Waals surface area contributed by atoms with Crippen molar-refractivity contribution < 1.29 is 4.79 Å². The molecule has 1 atom stereocenters. The van der Waals surface area contributed by atoms with Gasteiger partial charge in [0.05, 0.1) is 0 Å². The Kier molecular flexibility index (Phi) is 3.14. The highest BCUT2D eigenvalue weighted by molar-refractivity contribution is 5.93. The molecular formula is C14H19N3O2. The second-order valence-electron chi connectivity index (χ2n) is 5.64. The molecule has 1 amide bonds. The van der Waals surface area contributed by atoms with Crippen LogP contribution in [0.2, 0.25) is 0 Å². The lowest BCUT2D eigenvalue weighted by atomic mass is 9.70. The third kappa shape index (κ3) is 2.42. The summed E-state index contributed by atoms with van der Waals surface area (Å²) in [5.41, 5.74) is 0.121. The van der Waals surface area contributed by atoms with Crippen LogP contribution in [0.25, 0.3) is 0 Å². The minimum Gasteiger partial charge on any atom is -0.349 e. The molecule has 1 aliphatic heterocycles. The van der Waals surface area contributed by atoms with E-state index < -0.39 is 0 Å². The van der Waals surface area contributed by atoms with Crippen molar-refractivity contribution in [2.45, 2.75) is 43.7 Å². The largest absolute Gasteiger partial charge is 0.349 e. The zero-order chi connectivity index (χ0) is 13.3. The fraction of sp³-hybridized carbons (Fsp3) is 0.571. The number of rotatable bonds is 2. The van der Waals surface area contributed by atoms with Crippen LogP contribution in [0, 0.1) is 0 Å². The Morgan fingerprint density at radius 1 is 1.42 bits per heavy atom. The van der Waals surface area contributed by atoms with Gasteiger partial charge in [-0.1, -0.05) is 0 Å². The fourth-order valence-corrected chi connectivity index (χ4v) is 3.13. The molecule has 5 heteroatoms. The van der Waals surface area contributed by atoms with E-state index in [9.17, 15) is 9.59 Å². The molecule has 1 saturated carbocycles. The summed E-state index contributed by atoms with van der Waals surface area (Å²) in [6, 6.07) is 3.41. The maximum atomic E-state index is 12.1. The normalized spacial score (nSPS) is 24.7. The first kappa shape index (κ1) is 12.4. The smallest absolute Gasteiger partial charge is 0.260 e. The van der Waals surface area contributed by atoms with Gasteiger partial charge in [-0.05, 0) is 50.8 Å². The van der Waals surface area contributed by atoms with E-state index in [4.69, 9.17) is 0 Å². The van der Waals surface area contributed by atoms with Crippen LogP contribution in [0.15, 0.2) is 23.1 Å². The molecule has 1 spiro atoms. The van der Waals surface area contributed by atoms with E-state index in [1.54, 1.807) is 12.1 Å². The van der Waals surface area contributed by atoms with Gasteiger partial charge in [0.2, 0.25) is 0 Å². The number of hydrogen-bond donors (Lipinski definition) is 3. The van der Waals surface area contributed by atoms with E-state index in [1.807, 2.05) is 0 Å². The number of aromatic nitrogens is 1. The van der Waals surface area contributed by atoms with Gasteiger partial charge in [-0.2, -0.15) is 0 Å². The molecular weight excluding hydrogens is 242 g/mol. The number of aromatic amines is 1. The highest BCUT2D eigenvalue weighted by Crippen LogP contribution is 2.38. The van der Waals surface area contributed by atoms with Crippen molar-refractivity contribution >= 4 is 5.91 Å². The summed E-state index contributed by atoms with van der Waals surface area (Å²) < 4.78 is 0. The molecule has 0 bridgehead atoms. The number of piperidine rings is 1. The molecule has 5 nitrogen and oxygen atoms in total. The minimum absolute atomic E-state index is 0.175. The quantitative estimate of drug-likeness (QED) is 0.736. The van der Waals surface area contributed by atoms with Gasteiger partial charge in [-0.15, -0.1) is 0 Å². The first-order valence-corrected chi connectivity index (χ1v) is 6.92. The van der Waals surface area contributed by atoms with Gasteiger partial charge < -0.3 is 15.6 Å². The lowest BCUT2D eigenvalue weighted by Gasteiger charge is -2.48. The topological polar surface area (TPSA) is 74.0 Å². The van der Waals surface area contributed by atoms with Crippen molar-refractivity contribution in [2.24, 2.45) is 0 Å². The molecule has 2 fully saturated rings. The predicted molar refractivity (Wildman–Crippen MR) is 72.1 cm³/mol. The molecule has 1 aromatic rings. The number of carbonyl (C=O) groups excluding carboxylic acids is 1. The van der Waals surface area contributed by atoms with Gasteiger partial charge in [0.1, 0.15) is 5.56 Å². The number of H-pyrrole nitrogens is 1. The van der Waals surface area contributed by atoms with Gasteiger partial charge in [0, 0.05) is 17.8 Å². The standard InChI is InChI=1S/C14H19N3O2/c18-12-11(3-1-7-15-12)13(19)17-10-4-8-16-14(9-10)5-2-6-14/h1,3,7,10,16H,2,4-6,8-9H2,(H,15,18)(H,17,19). The first-order valence-electron chi connectivity index (χ1n) is 6.92. The second kappa shape index (κ2) is 4.81. The fourth-order valence-electron chi connectivity index (χ4n) is 3.13. The van der Waals surface area contributed by atoms with Crippen LogP contribution >= 0.6 is 0 Å². The van der Waals surface area contributed by atoms with Gasteiger partial charge >= 0.3 is 0 Å². The average molecular weight is 261 g/mol. The summed E-state index contributed by atoms with van der Waals surface area (Å²) in [5.74, 6) is -0.261. The second-order valence-corrected chi connectivity index (χ2v) is 5.64. The Morgan fingerprint density at radius 2 is 2.26 bits per heavy atom. The van der Waals surface area contributed by atoms with Crippen LogP contribution in [0.5, 0.6) is 0 Å². The van der Waals surface area contributed by atoms with E-state index in [0.717, 1.165) is 19.4 Å². The van der Waals surface area contributed by atoms with E-state index in [1.165, 1.54) is 25.5 Å². The van der Waals surface area contributed by atoms with Crippen molar-refractivity contribution in [3.63, 3.8) is 0 Å². The van der Waals surface area contributed by atoms with Gasteiger partial charge in [-0.3, -0.25) is 9.59 Å². The van der Waals surface area contributed by atoms with Crippen LogP contribution in [0.4, 0.5) is 0 Å². The van der Waals surface area contributed by atoms with E-state index in [2.05, 4.69) is 15.6 Å². The number of pyridine rings is 1. The average Bonchev–Trinajstić information content (AvgIpc) is 2.37. The summed E-state index contributed by atoms with van der Waals surface area (Å²) in [6.45, 7) is 0.941. The van der Waals surface area contributed by atoms with Crippen molar-refractivity contribution in [1.29, 1.82) is 0 Å². The monoisotopic (exact) mass is 261 g/mol. The molecule has 1 aliphatic carbocycles. The van der Waals surface area contributed by atoms with Crippen molar-refractivity contribution in [2.75, 3.05) is 6.54 Å². The zero-order valence-electron chi connectivity index (χ0n) is 10.9. The van der Waals surface area contributed by atoms with Crippen molar-refractivity contribution in [3.8, 4) is 0 Å². The molecule has 0 radical (unpaired) electrons. The Morgan fingerprint density at radius 3 is 2.95 bits per heavy atom. The summed E-state index contributed by atoms with van der Waals surface area (Å²) in [4.78, 5) is 26.2. The molecule has 2 heterocycles. The summed E-state index contributed by atoms with van der Waals surface area (Å²) >= 11 is 0. The molecule has 19 heavy (non-hydrogen) atoms. The van der Waals surface area contributed by atoms with Crippen molar-refractivity contribution in [1.82, 2.24) is 15.6 Å². The Bertz CT molecular complexity index is 533. The van der Waals surface area contributed by atoms with E-state index in [-0.39, 0.29) is 28.6 Å². The number of nitrogens with one attached hydrogen (secondary N) is 3. The third-order valence-corrected chi connectivity index (χ3v) is 4.34. The maximum Gasteiger partial charge on any atom is 0.260 e. The third-order valence-electron chi connectivity index (χ3n) is 4.34. The summed E-state index contributed by atoms with van der Waals surface area (Å²) in [6.07, 6.45) is 7.11. The van der Waals surface area contributed by atoms with Crippen molar-refractivity contribution in [3.05, 3.63) is 34.2 Å². The number of carbonyl (C=O) groups is 1. The highest BCUT2D eigenvalue weighted by Gasteiger charge is 2.41. The molecule has 3 N–H and O–H groups in total. The predicted octanol–water partition coefficient (Wildman–Crippen LogP) is 0.779. The summed E-state index contributed by atoms with van der Waals surface area (Å²) in [5, 5.41) is 6.57. The van der Waals surface area contributed by atoms with E-state index >= 15 is 0 Å². The Balaban J connectivity index is 1.66. The first-order chi connectivity index (χ1) is 9.19. The molecule has 1 unspecified atom stereocenters. The minimum atomic E-state index is -0.327. The Labute approximate surface area is 111 Å². The van der Waals surface area contributed by atoms with Gasteiger partial charge in [0.25, 0.3) is 11.5 Å². The van der Waals surface area contributed by atoms with Gasteiger partial charge in [-0.25, -0.2) is 0 Å². The molecule has 3 rings (SSSR count). The van der Waals surface area contributed by atoms with E-state index in [0.29, 0.717) is 0 Å². The van der Waals surface area contributed by atoms with Crippen LogP contribution in [0.3, 0.4) is 0 Å². The number of amides is 1. The maximum absolute atomic E-state index is 12.1. The molecule has 1 aromatic heterocycles. The van der Waals surface area contributed by atoms with Crippen LogP contribution in [0.1, 0.15) is 42.5 Å². The van der Waals surface area contributed by atoms with Gasteiger partial charge in [0.15, 0.2) is 0 Å². The molecule has 1 saturated heterocycles. The SMILES string of the molecule is O=C(NC1CCNC2(CCC2)C1)c1ccc[nH]c1=O. The zero-order valence-corrected chi connectivity index (χ0v) is 10.9. The Hall–Kier alpha value is -1.62.